The number of likely N-dealkylation sites (tertiary alicyclic amines) is 1. The van der Waals surface area contributed by atoms with Gasteiger partial charge < -0.3 is 20.9 Å². The minimum atomic E-state index is -3.64. The number of aromatic nitrogens is 4. The normalized spacial score (nSPS) is 18.3. The van der Waals surface area contributed by atoms with Crippen LogP contribution in [0, 0.1) is 5.92 Å². The summed E-state index contributed by atoms with van der Waals surface area (Å²) in [5.74, 6) is 0.912. The summed E-state index contributed by atoms with van der Waals surface area (Å²) in [6, 6.07) is 15.9. The summed E-state index contributed by atoms with van der Waals surface area (Å²) in [6.45, 7) is 2.02. The van der Waals surface area contributed by atoms with E-state index >= 15 is 0 Å². The van der Waals surface area contributed by atoms with Crippen molar-refractivity contribution >= 4 is 38.8 Å². The first-order valence-corrected chi connectivity index (χ1v) is 15.5. The maximum Gasteiger partial charge on any atom is 0.233 e. The van der Waals surface area contributed by atoms with E-state index in [1.54, 1.807) is 58.2 Å². The van der Waals surface area contributed by atoms with Crippen molar-refractivity contribution in [1.29, 1.82) is 0 Å². The summed E-state index contributed by atoms with van der Waals surface area (Å²) in [6.07, 6.45) is 6.46. The standard InChI is InChI=1S/C26H31N5O3S.C4H7N3/c1-29-13-6-7-18(17-29)15-20(26(32)27-25-12-14-30(2)28-25)19-10-11-24-22(16-19)31(3)21-8-4-5-9-23(21)35(24,33)34;1-7-3-2-4(5)6-7/h4-5,8-12,14,16,18,20H,6-7,13,15,17H2,1-3H3,(H,27,28,32);2-3H,1H3,(H2,5,6). The van der Waals surface area contributed by atoms with Crippen LogP contribution in [-0.2, 0) is 28.7 Å². The fraction of sp³-hybridized carbons (Fsp3) is 0.367. The lowest BCUT2D eigenvalue weighted by molar-refractivity contribution is -0.118. The molecule has 0 bridgehead atoms. The molecule has 2 atom stereocenters. The number of hydrogen-bond acceptors (Lipinski definition) is 8. The van der Waals surface area contributed by atoms with Crippen molar-refractivity contribution in [3.8, 4) is 0 Å². The summed E-state index contributed by atoms with van der Waals surface area (Å²) in [7, 11) is 3.99. The second-order valence-electron chi connectivity index (χ2n) is 11.1. The number of carbonyl (C=O) groups is 1. The van der Waals surface area contributed by atoms with Crippen molar-refractivity contribution in [3.05, 3.63) is 72.6 Å². The highest BCUT2D eigenvalue weighted by molar-refractivity contribution is 7.92. The Balaban J connectivity index is 0.000000442. The molecule has 3 N–H and O–H groups in total. The van der Waals surface area contributed by atoms with E-state index in [0.29, 0.717) is 40.2 Å². The minimum Gasteiger partial charge on any atom is -0.382 e. The number of fused-ring (bicyclic) bond motifs is 2. The van der Waals surface area contributed by atoms with Crippen molar-refractivity contribution < 1.29 is 13.2 Å². The molecule has 0 saturated carbocycles. The molecule has 6 rings (SSSR count). The predicted octanol–water partition coefficient (Wildman–Crippen LogP) is 3.79. The number of nitrogen functional groups attached to an aromatic ring is 1. The van der Waals surface area contributed by atoms with Gasteiger partial charge >= 0.3 is 0 Å². The Kier molecular flexibility index (Phi) is 8.37. The van der Waals surface area contributed by atoms with Crippen molar-refractivity contribution in [1.82, 2.24) is 24.5 Å². The van der Waals surface area contributed by atoms with Crippen LogP contribution >= 0.6 is 0 Å². The Morgan fingerprint density at radius 2 is 1.69 bits per heavy atom. The SMILES string of the molecule is CN1CCCC(CC(C(=O)Nc2ccn(C)n2)c2ccc3c(c2)N(C)c2ccccc2S3(=O)=O)C1.Cn1ccc(N)n1. The first-order valence-electron chi connectivity index (χ1n) is 14.0. The second kappa shape index (κ2) is 12.0. The van der Waals surface area contributed by atoms with Crippen LogP contribution < -0.4 is 16.0 Å². The van der Waals surface area contributed by atoms with Gasteiger partial charge in [-0.25, -0.2) is 8.42 Å². The highest BCUT2D eigenvalue weighted by atomic mass is 32.2. The molecule has 4 heterocycles. The number of rotatable bonds is 5. The Morgan fingerprint density at radius 1 is 0.976 bits per heavy atom. The molecule has 222 valence electrons. The average molecular weight is 591 g/mol. The van der Waals surface area contributed by atoms with Gasteiger partial charge in [0.25, 0.3) is 0 Å². The highest BCUT2D eigenvalue weighted by Gasteiger charge is 2.34. The first-order chi connectivity index (χ1) is 20.0. The Morgan fingerprint density at radius 3 is 2.33 bits per heavy atom. The van der Waals surface area contributed by atoms with Crippen molar-refractivity contribution in [2.45, 2.75) is 35.0 Å². The van der Waals surface area contributed by atoms with E-state index in [2.05, 4.69) is 27.5 Å². The lowest BCUT2D eigenvalue weighted by Gasteiger charge is -2.33. The van der Waals surface area contributed by atoms with Gasteiger partial charge in [0.2, 0.25) is 15.7 Å². The van der Waals surface area contributed by atoms with Gasteiger partial charge in [-0.1, -0.05) is 18.2 Å². The monoisotopic (exact) mass is 590 g/mol. The van der Waals surface area contributed by atoms with Crippen LogP contribution in [0.2, 0.25) is 0 Å². The lowest BCUT2D eigenvalue weighted by Crippen LogP contribution is -2.34. The highest BCUT2D eigenvalue weighted by Crippen LogP contribution is 2.44. The number of nitrogens with zero attached hydrogens (tertiary/aromatic N) is 6. The largest absolute Gasteiger partial charge is 0.382 e. The van der Waals surface area contributed by atoms with Gasteiger partial charge in [0.1, 0.15) is 5.82 Å². The molecule has 2 aromatic carbocycles. The lowest BCUT2D eigenvalue weighted by atomic mass is 9.84. The van der Waals surface area contributed by atoms with E-state index in [1.165, 1.54) is 0 Å². The minimum absolute atomic E-state index is 0.126. The number of hydrogen-bond donors (Lipinski definition) is 2. The molecular formula is C30H38N8O3S. The van der Waals surface area contributed by atoms with Gasteiger partial charge in [-0.3, -0.25) is 14.2 Å². The topological polar surface area (TPSA) is 131 Å². The summed E-state index contributed by atoms with van der Waals surface area (Å²) < 4.78 is 30.0. The molecule has 42 heavy (non-hydrogen) atoms. The number of benzene rings is 2. The zero-order chi connectivity index (χ0) is 30.0. The number of sulfone groups is 1. The maximum absolute atomic E-state index is 13.5. The summed E-state index contributed by atoms with van der Waals surface area (Å²) >= 11 is 0. The summed E-state index contributed by atoms with van der Waals surface area (Å²) in [5.41, 5.74) is 7.29. The third-order valence-corrected chi connectivity index (χ3v) is 9.71. The number of nitrogens with two attached hydrogens (primary N) is 1. The van der Waals surface area contributed by atoms with E-state index in [9.17, 15) is 13.2 Å². The number of para-hydroxylation sites is 1. The zero-order valence-corrected chi connectivity index (χ0v) is 25.3. The molecule has 1 amide bonds. The number of aryl methyl sites for hydroxylation is 2. The molecule has 2 aliphatic heterocycles. The fourth-order valence-electron chi connectivity index (χ4n) is 5.77. The van der Waals surface area contributed by atoms with E-state index in [1.807, 2.05) is 44.2 Å². The van der Waals surface area contributed by atoms with Gasteiger partial charge in [-0.05, 0) is 74.7 Å². The Hall–Kier alpha value is -4.16. The molecular weight excluding hydrogens is 552 g/mol. The van der Waals surface area contributed by atoms with Crippen LogP contribution in [0.1, 0.15) is 30.7 Å². The molecule has 0 radical (unpaired) electrons. The third kappa shape index (κ3) is 6.19. The molecule has 2 unspecified atom stereocenters. The zero-order valence-electron chi connectivity index (χ0n) is 24.4. The van der Waals surface area contributed by atoms with Gasteiger partial charge in [0, 0.05) is 46.1 Å². The van der Waals surface area contributed by atoms with Crippen LogP contribution in [0.25, 0.3) is 0 Å². The van der Waals surface area contributed by atoms with Crippen LogP contribution in [0.5, 0.6) is 0 Å². The fourth-order valence-corrected chi connectivity index (χ4v) is 7.47. The molecule has 2 aliphatic rings. The molecule has 0 aliphatic carbocycles. The van der Waals surface area contributed by atoms with Crippen molar-refractivity contribution in [2.75, 3.05) is 43.1 Å². The molecule has 12 heteroatoms. The van der Waals surface area contributed by atoms with Gasteiger partial charge in [-0.15, -0.1) is 0 Å². The molecule has 1 fully saturated rings. The molecule has 2 aromatic heterocycles. The van der Waals surface area contributed by atoms with Gasteiger partial charge in [0.05, 0.1) is 27.1 Å². The second-order valence-corrected chi connectivity index (χ2v) is 13.0. The van der Waals surface area contributed by atoms with E-state index in [0.717, 1.165) is 31.5 Å². The average Bonchev–Trinajstić information content (AvgIpc) is 3.56. The molecule has 0 spiro atoms. The van der Waals surface area contributed by atoms with Crippen LogP contribution in [-0.4, -0.2) is 66.0 Å². The third-order valence-electron chi connectivity index (χ3n) is 7.86. The van der Waals surface area contributed by atoms with Crippen molar-refractivity contribution in [2.24, 2.45) is 20.0 Å². The smallest absolute Gasteiger partial charge is 0.233 e. The Labute approximate surface area is 246 Å². The van der Waals surface area contributed by atoms with E-state index < -0.39 is 15.8 Å². The van der Waals surface area contributed by atoms with Crippen LogP contribution in [0.15, 0.2) is 76.8 Å². The number of anilines is 4. The maximum atomic E-state index is 13.5. The summed E-state index contributed by atoms with van der Waals surface area (Å²) in [4.78, 5) is 18.3. The number of amides is 1. The first kappa shape index (κ1) is 29.3. The van der Waals surface area contributed by atoms with Gasteiger partial charge in [0.15, 0.2) is 5.82 Å². The van der Waals surface area contributed by atoms with E-state index in [4.69, 9.17) is 5.73 Å². The van der Waals surface area contributed by atoms with E-state index in [-0.39, 0.29) is 10.8 Å². The van der Waals surface area contributed by atoms with Gasteiger partial charge in [-0.2, -0.15) is 10.2 Å². The number of carbonyl (C=O) groups excluding carboxylic acids is 1. The predicted molar refractivity (Wildman–Crippen MR) is 163 cm³/mol. The van der Waals surface area contributed by atoms with Crippen LogP contribution in [0.3, 0.4) is 0 Å². The number of nitrogens with one attached hydrogen (secondary N) is 1. The molecule has 1 saturated heterocycles. The molecule has 11 nitrogen and oxygen atoms in total. The quantitative estimate of drug-likeness (QED) is 0.359. The van der Waals surface area contributed by atoms with Crippen molar-refractivity contribution in [3.63, 3.8) is 0 Å². The Bertz CT molecular complexity index is 1660. The number of piperidine rings is 1. The van der Waals surface area contributed by atoms with Crippen LogP contribution in [0.4, 0.5) is 23.0 Å². The molecule has 4 aromatic rings. The summed E-state index contributed by atoms with van der Waals surface area (Å²) in [5, 5.41) is 11.1.